The number of nitrogens with one attached hydrogen (secondary N) is 1. The molecule has 0 bridgehead atoms. The number of piperazine rings is 1. The van der Waals surface area contributed by atoms with Crippen LogP contribution in [0.3, 0.4) is 0 Å². The van der Waals surface area contributed by atoms with Gasteiger partial charge >= 0.3 is 0 Å². The van der Waals surface area contributed by atoms with Crippen LogP contribution in [0.15, 0.2) is 34.9 Å². The zero-order chi connectivity index (χ0) is 14.8. The molecule has 2 unspecified atom stereocenters. The van der Waals surface area contributed by atoms with Crippen LogP contribution >= 0.6 is 11.6 Å². The van der Waals surface area contributed by atoms with E-state index in [0.29, 0.717) is 17.1 Å². The highest BCUT2D eigenvalue weighted by molar-refractivity contribution is 6.30. The molecule has 1 saturated heterocycles. The molecule has 5 heteroatoms. The van der Waals surface area contributed by atoms with Crippen molar-refractivity contribution in [3.8, 4) is 11.3 Å². The zero-order valence-electron chi connectivity index (χ0n) is 12.3. The average molecular weight is 306 g/mol. The van der Waals surface area contributed by atoms with Gasteiger partial charge in [0, 0.05) is 35.8 Å². The van der Waals surface area contributed by atoms with Crippen molar-refractivity contribution in [2.24, 2.45) is 0 Å². The van der Waals surface area contributed by atoms with E-state index in [9.17, 15) is 0 Å². The lowest BCUT2D eigenvalue weighted by atomic mass is 10.1. The van der Waals surface area contributed by atoms with Crippen molar-refractivity contribution in [3.05, 3.63) is 41.4 Å². The molecule has 2 atom stereocenters. The van der Waals surface area contributed by atoms with E-state index in [4.69, 9.17) is 16.0 Å². The monoisotopic (exact) mass is 305 g/mol. The molecule has 0 radical (unpaired) electrons. The molecule has 4 nitrogen and oxygen atoms in total. The Labute approximate surface area is 130 Å². The third-order valence-corrected chi connectivity index (χ3v) is 3.89. The van der Waals surface area contributed by atoms with Gasteiger partial charge in [-0.3, -0.25) is 4.90 Å². The molecule has 0 amide bonds. The highest BCUT2D eigenvalue weighted by atomic mass is 35.5. The predicted molar refractivity (Wildman–Crippen MR) is 84.3 cm³/mol. The molecule has 1 aliphatic heterocycles. The van der Waals surface area contributed by atoms with E-state index in [0.717, 1.165) is 36.8 Å². The van der Waals surface area contributed by atoms with Crippen LogP contribution in [0.1, 0.15) is 19.7 Å². The zero-order valence-corrected chi connectivity index (χ0v) is 13.1. The topological polar surface area (TPSA) is 41.3 Å². The lowest BCUT2D eigenvalue weighted by molar-refractivity contribution is 0.154. The first-order valence-electron chi connectivity index (χ1n) is 7.29. The Balaban J connectivity index is 1.70. The van der Waals surface area contributed by atoms with Crippen LogP contribution < -0.4 is 5.32 Å². The third kappa shape index (κ3) is 3.64. The van der Waals surface area contributed by atoms with Gasteiger partial charge in [-0.2, -0.15) is 0 Å². The maximum atomic E-state index is 6.01. The van der Waals surface area contributed by atoms with Crippen molar-refractivity contribution in [2.45, 2.75) is 32.5 Å². The van der Waals surface area contributed by atoms with Crippen LogP contribution in [0, 0.1) is 0 Å². The number of nitrogens with zero attached hydrogens (tertiary/aromatic N) is 2. The predicted octanol–water partition coefficient (Wildman–Crippen LogP) is 3.18. The summed E-state index contributed by atoms with van der Waals surface area (Å²) in [5.74, 6) is 1.52. The molecular weight excluding hydrogens is 286 g/mol. The van der Waals surface area contributed by atoms with E-state index >= 15 is 0 Å². The minimum Gasteiger partial charge on any atom is -0.439 e. The number of hydrogen-bond acceptors (Lipinski definition) is 4. The van der Waals surface area contributed by atoms with Crippen molar-refractivity contribution < 1.29 is 4.42 Å². The van der Waals surface area contributed by atoms with Crippen LogP contribution in [-0.2, 0) is 6.54 Å². The SMILES string of the molecule is CC1CN(Cc2ncc(-c3cccc(Cl)c3)o2)CC(C)N1. The number of rotatable bonds is 3. The summed E-state index contributed by atoms with van der Waals surface area (Å²) in [6, 6.07) is 8.63. The van der Waals surface area contributed by atoms with Crippen LogP contribution in [-0.4, -0.2) is 35.1 Å². The number of benzene rings is 1. The highest BCUT2D eigenvalue weighted by Crippen LogP contribution is 2.24. The maximum absolute atomic E-state index is 6.01. The molecule has 21 heavy (non-hydrogen) atoms. The van der Waals surface area contributed by atoms with Gasteiger partial charge in [0.1, 0.15) is 0 Å². The minimum atomic E-state index is 0.496. The van der Waals surface area contributed by atoms with Gasteiger partial charge in [0.25, 0.3) is 0 Å². The summed E-state index contributed by atoms with van der Waals surface area (Å²) in [7, 11) is 0. The lowest BCUT2D eigenvalue weighted by Gasteiger charge is -2.35. The van der Waals surface area contributed by atoms with Gasteiger partial charge in [-0.25, -0.2) is 4.98 Å². The molecule has 1 fully saturated rings. The highest BCUT2D eigenvalue weighted by Gasteiger charge is 2.22. The Morgan fingerprint density at radius 2 is 2.10 bits per heavy atom. The van der Waals surface area contributed by atoms with Gasteiger partial charge in [0.05, 0.1) is 12.7 Å². The molecule has 112 valence electrons. The minimum absolute atomic E-state index is 0.496. The van der Waals surface area contributed by atoms with Crippen molar-refractivity contribution >= 4 is 11.6 Å². The molecule has 2 heterocycles. The Morgan fingerprint density at radius 3 is 2.81 bits per heavy atom. The summed E-state index contributed by atoms with van der Waals surface area (Å²) in [5, 5.41) is 4.23. The lowest BCUT2D eigenvalue weighted by Crippen LogP contribution is -2.53. The van der Waals surface area contributed by atoms with Gasteiger partial charge in [0.2, 0.25) is 5.89 Å². The first-order valence-corrected chi connectivity index (χ1v) is 7.67. The van der Waals surface area contributed by atoms with Crippen molar-refractivity contribution in [1.29, 1.82) is 0 Å². The molecule has 1 aromatic carbocycles. The molecular formula is C16H20ClN3O. The largest absolute Gasteiger partial charge is 0.439 e. The van der Waals surface area contributed by atoms with Crippen molar-refractivity contribution in [1.82, 2.24) is 15.2 Å². The second-order valence-corrected chi connectivity index (χ2v) is 6.23. The van der Waals surface area contributed by atoms with Gasteiger partial charge < -0.3 is 9.73 Å². The Kier molecular flexibility index (Phi) is 4.29. The molecule has 1 N–H and O–H groups in total. The fraction of sp³-hybridized carbons (Fsp3) is 0.438. The van der Waals surface area contributed by atoms with Gasteiger partial charge in [-0.1, -0.05) is 23.7 Å². The normalized spacial score (nSPS) is 23.4. The van der Waals surface area contributed by atoms with Crippen molar-refractivity contribution in [3.63, 3.8) is 0 Å². The summed E-state index contributed by atoms with van der Waals surface area (Å²) in [5.41, 5.74) is 0.961. The molecule has 0 aliphatic carbocycles. The number of oxazole rings is 1. The summed E-state index contributed by atoms with van der Waals surface area (Å²) in [4.78, 5) is 6.77. The van der Waals surface area contributed by atoms with Gasteiger partial charge in [0.15, 0.2) is 5.76 Å². The first-order chi connectivity index (χ1) is 10.1. The van der Waals surface area contributed by atoms with Crippen molar-refractivity contribution in [2.75, 3.05) is 13.1 Å². The maximum Gasteiger partial charge on any atom is 0.209 e. The second kappa shape index (κ2) is 6.18. The van der Waals surface area contributed by atoms with E-state index in [-0.39, 0.29) is 0 Å². The quantitative estimate of drug-likeness (QED) is 0.945. The van der Waals surface area contributed by atoms with E-state index in [1.165, 1.54) is 0 Å². The molecule has 3 rings (SSSR count). The van der Waals surface area contributed by atoms with E-state index in [1.54, 1.807) is 6.20 Å². The first kappa shape index (κ1) is 14.6. The van der Waals surface area contributed by atoms with Gasteiger partial charge in [-0.15, -0.1) is 0 Å². The average Bonchev–Trinajstić information content (AvgIpc) is 2.86. The van der Waals surface area contributed by atoms with E-state index < -0.39 is 0 Å². The third-order valence-electron chi connectivity index (χ3n) is 3.65. The van der Waals surface area contributed by atoms with E-state index in [1.807, 2.05) is 24.3 Å². The van der Waals surface area contributed by atoms with Crippen LogP contribution in [0.5, 0.6) is 0 Å². The fourth-order valence-corrected chi connectivity index (χ4v) is 3.11. The standard InChI is InChI=1S/C16H20ClN3O/c1-11-8-20(9-12(2)19-11)10-16-18-7-15(21-16)13-4-3-5-14(17)6-13/h3-7,11-12,19H,8-10H2,1-2H3. The summed E-state index contributed by atoms with van der Waals surface area (Å²) in [6.07, 6.45) is 1.77. The molecule has 0 saturated carbocycles. The summed E-state index contributed by atoms with van der Waals surface area (Å²) >= 11 is 6.01. The van der Waals surface area contributed by atoms with Gasteiger partial charge in [-0.05, 0) is 26.0 Å². The fourth-order valence-electron chi connectivity index (χ4n) is 2.92. The van der Waals surface area contributed by atoms with Crippen LogP contribution in [0.4, 0.5) is 0 Å². The molecule has 0 spiro atoms. The molecule has 1 aromatic heterocycles. The Bertz CT molecular complexity index is 603. The second-order valence-electron chi connectivity index (χ2n) is 5.79. The molecule has 1 aliphatic rings. The number of hydrogen-bond donors (Lipinski definition) is 1. The molecule has 2 aromatic rings. The number of halogens is 1. The Hall–Kier alpha value is -1.36. The van der Waals surface area contributed by atoms with Crippen LogP contribution in [0.25, 0.3) is 11.3 Å². The Morgan fingerprint density at radius 1 is 1.33 bits per heavy atom. The summed E-state index contributed by atoms with van der Waals surface area (Å²) in [6.45, 7) is 7.18. The van der Waals surface area contributed by atoms with Crippen LogP contribution in [0.2, 0.25) is 5.02 Å². The smallest absolute Gasteiger partial charge is 0.209 e. The van der Waals surface area contributed by atoms with E-state index in [2.05, 4.69) is 29.0 Å². The number of aromatic nitrogens is 1. The summed E-state index contributed by atoms with van der Waals surface area (Å²) < 4.78 is 5.87.